The highest BCUT2D eigenvalue weighted by molar-refractivity contribution is 6.12. The number of halogens is 1. The number of carbonyl (C=O) groups excluding carboxylic acids is 1. The summed E-state index contributed by atoms with van der Waals surface area (Å²) in [7, 11) is 0. The number of carbonyl (C=O) groups is 1. The second-order valence-electron chi connectivity index (χ2n) is 10.6. The van der Waals surface area contributed by atoms with Gasteiger partial charge in [-0.2, -0.15) is 0 Å². The van der Waals surface area contributed by atoms with E-state index >= 15 is 0 Å². The second kappa shape index (κ2) is 16.0. The number of aliphatic hydroxyl groups is 2. The Bertz CT molecular complexity index is 1380. The number of rotatable bonds is 12. The summed E-state index contributed by atoms with van der Waals surface area (Å²) in [5, 5.41) is 24.2. The third kappa shape index (κ3) is 8.17. The first-order chi connectivity index (χ1) is 20.3. The minimum absolute atomic E-state index is 0.0315. The van der Waals surface area contributed by atoms with E-state index in [4.69, 9.17) is 0 Å². The van der Waals surface area contributed by atoms with E-state index < -0.39 is 12.2 Å². The zero-order valence-corrected chi connectivity index (χ0v) is 25.5. The molecule has 1 amide bonds. The van der Waals surface area contributed by atoms with Crippen molar-refractivity contribution in [3.05, 3.63) is 102 Å². The number of para-hydroxylation sites is 1. The number of hydrogen-bond acceptors (Lipinski definition) is 3. The lowest BCUT2D eigenvalue weighted by molar-refractivity contribution is 0.0682. The number of nitrogens with one attached hydrogen (secondary N) is 1. The van der Waals surface area contributed by atoms with Crippen LogP contribution < -0.4 is 5.32 Å². The van der Waals surface area contributed by atoms with E-state index in [-0.39, 0.29) is 17.6 Å². The molecule has 0 saturated carbocycles. The van der Waals surface area contributed by atoms with Gasteiger partial charge in [-0.05, 0) is 72.7 Å². The average molecular weight is 573 g/mol. The van der Waals surface area contributed by atoms with Crippen LogP contribution in [0.1, 0.15) is 82.3 Å². The largest absolute Gasteiger partial charge is 0.393 e. The van der Waals surface area contributed by atoms with Crippen LogP contribution in [0.5, 0.6) is 0 Å². The highest BCUT2D eigenvalue weighted by Crippen LogP contribution is 2.42. The minimum atomic E-state index is -0.702. The molecular formula is C36H45FN2O3. The van der Waals surface area contributed by atoms with Gasteiger partial charge in [0.25, 0.3) is 5.91 Å². The lowest BCUT2D eigenvalue weighted by Gasteiger charge is -2.20. The molecule has 1 heterocycles. The molecule has 2 unspecified atom stereocenters. The van der Waals surface area contributed by atoms with Crippen LogP contribution >= 0.6 is 0 Å². The van der Waals surface area contributed by atoms with Crippen LogP contribution in [0.2, 0.25) is 0 Å². The van der Waals surface area contributed by atoms with Gasteiger partial charge in [-0.3, -0.25) is 4.79 Å². The zero-order chi connectivity index (χ0) is 30.6. The van der Waals surface area contributed by atoms with Crippen molar-refractivity contribution in [1.82, 2.24) is 4.57 Å². The van der Waals surface area contributed by atoms with Gasteiger partial charge in [-0.1, -0.05) is 89.6 Å². The van der Waals surface area contributed by atoms with Crippen LogP contribution in [0.15, 0.2) is 84.9 Å². The van der Waals surface area contributed by atoms with Gasteiger partial charge in [0.2, 0.25) is 0 Å². The Kier molecular flexibility index (Phi) is 12.5. The molecule has 224 valence electrons. The van der Waals surface area contributed by atoms with Gasteiger partial charge in [0.05, 0.1) is 23.5 Å². The number of hydrogen-bond donors (Lipinski definition) is 3. The molecule has 42 heavy (non-hydrogen) atoms. The molecular weight excluding hydrogens is 527 g/mol. The molecule has 1 aromatic heterocycles. The standard InChI is InChI=1S/C34H39FN2O3.C2H6/c1-4-11-28(38)22-29(39)20-21-37-32(23(2)3)31(34(40)36-27-14-9-6-10-15-27)30(24-12-7-5-8-13-24)33(37)25-16-18-26(35)19-17-25;1-2/h5-10,12-19,23,28-29,38-39H,4,11,20-22H2,1-3H3,(H,36,40);1-2H3. The normalized spacial score (nSPS) is 12.4. The number of anilines is 1. The molecule has 2 atom stereocenters. The Labute approximate surface area is 250 Å². The van der Waals surface area contributed by atoms with E-state index in [0.29, 0.717) is 37.1 Å². The summed E-state index contributed by atoms with van der Waals surface area (Å²) in [6.07, 6.45) is 0.922. The molecule has 3 N–H and O–H groups in total. The maximum Gasteiger partial charge on any atom is 0.258 e. The minimum Gasteiger partial charge on any atom is -0.393 e. The van der Waals surface area contributed by atoms with E-state index in [2.05, 4.69) is 23.7 Å². The van der Waals surface area contributed by atoms with E-state index in [1.165, 1.54) is 12.1 Å². The number of aromatic nitrogens is 1. The topological polar surface area (TPSA) is 74.5 Å². The Balaban J connectivity index is 0.00000237. The molecule has 0 saturated heterocycles. The fourth-order valence-corrected chi connectivity index (χ4v) is 5.37. The van der Waals surface area contributed by atoms with Crippen LogP contribution in [-0.4, -0.2) is 32.9 Å². The quantitative estimate of drug-likeness (QED) is 0.159. The van der Waals surface area contributed by atoms with Crippen molar-refractivity contribution in [2.24, 2.45) is 0 Å². The highest BCUT2D eigenvalue weighted by Gasteiger charge is 2.30. The molecule has 3 aromatic carbocycles. The van der Waals surface area contributed by atoms with Crippen LogP contribution in [0.4, 0.5) is 10.1 Å². The zero-order valence-electron chi connectivity index (χ0n) is 25.5. The first-order valence-corrected chi connectivity index (χ1v) is 15.1. The molecule has 4 rings (SSSR count). The molecule has 0 aliphatic heterocycles. The van der Waals surface area contributed by atoms with E-state index in [1.54, 1.807) is 12.1 Å². The van der Waals surface area contributed by atoms with Gasteiger partial charge < -0.3 is 20.1 Å². The molecule has 0 fully saturated rings. The predicted octanol–water partition coefficient (Wildman–Crippen LogP) is 8.67. The molecule has 0 bridgehead atoms. The summed E-state index contributed by atoms with van der Waals surface area (Å²) >= 11 is 0. The SMILES string of the molecule is CC.CCCC(O)CC(O)CCn1c(-c2ccc(F)cc2)c(-c2ccccc2)c(C(=O)Nc2ccccc2)c1C(C)C. The average Bonchev–Trinajstić information content (AvgIpc) is 3.34. The summed E-state index contributed by atoms with van der Waals surface area (Å²) in [6.45, 7) is 10.5. The molecule has 5 nitrogen and oxygen atoms in total. The van der Waals surface area contributed by atoms with Crippen molar-refractivity contribution < 1.29 is 19.4 Å². The highest BCUT2D eigenvalue weighted by atomic mass is 19.1. The number of benzene rings is 3. The van der Waals surface area contributed by atoms with Crippen LogP contribution in [0.25, 0.3) is 22.4 Å². The van der Waals surface area contributed by atoms with Gasteiger partial charge in [0.15, 0.2) is 0 Å². The lowest BCUT2D eigenvalue weighted by atomic mass is 9.94. The number of amides is 1. The Morgan fingerprint density at radius 1 is 0.833 bits per heavy atom. The monoisotopic (exact) mass is 572 g/mol. The van der Waals surface area contributed by atoms with E-state index in [9.17, 15) is 19.4 Å². The van der Waals surface area contributed by atoms with Gasteiger partial charge in [-0.15, -0.1) is 0 Å². The van der Waals surface area contributed by atoms with Crippen LogP contribution in [0.3, 0.4) is 0 Å². The third-order valence-electron chi connectivity index (χ3n) is 7.14. The maximum atomic E-state index is 14.1. The Morgan fingerprint density at radius 2 is 1.40 bits per heavy atom. The summed E-state index contributed by atoms with van der Waals surface area (Å²) in [5.41, 5.74) is 5.32. The van der Waals surface area contributed by atoms with E-state index in [1.807, 2.05) is 81.4 Å². The molecule has 0 radical (unpaired) electrons. The molecule has 0 aliphatic carbocycles. The summed E-state index contributed by atoms with van der Waals surface area (Å²) in [5.74, 6) is -0.597. The van der Waals surface area contributed by atoms with Gasteiger partial charge >= 0.3 is 0 Å². The summed E-state index contributed by atoms with van der Waals surface area (Å²) < 4.78 is 16.1. The number of aliphatic hydroxyl groups excluding tert-OH is 2. The Morgan fingerprint density at radius 3 is 1.98 bits per heavy atom. The van der Waals surface area contributed by atoms with Crippen LogP contribution in [-0.2, 0) is 6.54 Å². The van der Waals surface area contributed by atoms with E-state index in [0.717, 1.165) is 34.5 Å². The molecule has 4 aromatic rings. The predicted molar refractivity (Wildman–Crippen MR) is 171 cm³/mol. The first-order valence-electron chi connectivity index (χ1n) is 15.1. The fraction of sp³-hybridized carbons (Fsp3) is 0.361. The third-order valence-corrected chi connectivity index (χ3v) is 7.14. The molecule has 0 spiro atoms. The second-order valence-corrected chi connectivity index (χ2v) is 10.6. The molecule has 6 heteroatoms. The van der Waals surface area contributed by atoms with Crippen molar-refractivity contribution in [2.75, 3.05) is 5.32 Å². The summed E-state index contributed by atoms with van der Waals surface area (Å²) in [6, 6.07) is 25.4. The first kappa shape index (κ1) is 32.8. The van der Waals surface area contributed by atoms with Crippen molar-refractivity contribution in [3.63, 3.8) is 0 Å². The van der Waals surface area contributed by atoms with Crippen molar-refractivity contribution in [2.45, 2.75) is 85.0 Å². The summed E-state index contributed by atoms with van der Waals surface area (Å²) in [4.78, 5) is 14.1. The molecule has 0 aliphatic rings. The van der Waals surface area contributed by atoms with Gasteiger partial charge in [-0.25, -0.2) is 4.39 Å². The number of nitrogens with zero attached hydrogens (tertiary/aromatic N) is 1. The van der Waals surface area contributed by atoms with Gasteiger partial charge in [0.1, 0.15) is 5.82 Å². The van der Waals surface area contributed by atoms with Crippen molar-refractivity contribution in [3.8, 4) is 22.4 Å². The maximum absolute atomic E-state index is 14.1. The van der Waals surface area contributed by atoms with Gasteiger partial charge in [0, 0.05) is 23.5 Å². The fourth-order valence-electron chi connectivity index (χ4n) is 5.37. The van der Waals surface area contributed by atoms with Crippen molar-refractivity contribution in [1.29, 1.82) is 0 Å². The van der Waals surface area contributed by atoms with Crippen molar-refractivity contribution >= 4 is 11.6 Å². The lowest BCUT2D eigenvalue weighted by Crippen LogP contribution is -2.21. The smallest absolute Gasteiger partial charge is 0.258 e. The Hall–Kier alpha value is -3.74. The van der Waals surface area contributed by atoms with Crippen LogP contribution in [0, 0.1) is 5.82 Å².